The van der Waals surface area contributed by atoms with Crippen LogP contribution in [0.2, 0.25) is 0 Å². The summed E-state index contributed by atoms with van der Waals surface area (Å²) in [5, 5.41) is 10.6. The molecule has 0 bridgehead atoms. The second-order valence-electron chi connectivity index (χ2n) is 26.2. The lowest BCUT2D eigenvalue weighted by atomic mass is 10.1. The van der Waals surface area contributed by atoms with Crippen LogP contribution in [0.1, 0.15) is 323 Å². The van der Waals surface area contributed by atoms with E-state index in [1.807, 2.05) is 0 Å². The number of unbranched alkanes of at least 4 members (excludes halogenated alkanes) is 28. The van der Waals surface area contributed by atoms with Gasteiger partial charge in [-0.1, -0.05) is 271 Å². The summed E-state index contributed by atoms with van der Waals surface area (Å²) in [6.45, 7) is 4.56. The van der Waals surface area contributed by atoms with Crippen LogP contribution >= 0.6 is 15.6 Å². The molecular weight excluding hydrogens is 1330 g/mol. The highest BCUT2D eigenvalue weighted by molar-refractivity contribution is 7.47. The minimum Gasteiger partial charge on any atom is -0.462 e. The van der Waals surface area contributed by atoms with Crippen LogP contribution < -0.4 is 0 Å². The van der Waals surface area contributed by atoms with Crippen LogP contribution in [0.15, 0.2) is 122 Å². The highest BCUT2D eigenvalue weighted by Gasteiger charge is 2.30. The van der Waals surface area contributed by atoms with E-state index in [0.29, 0.717) is 25.7 Å². The maximum atomic E-state index is 13.1. The van der Waals surface area contributed by atoms with Crippen molar-refractivity contribution in [3.63, 3.8) is 0 Å². The predicted octanol–water partition coefficient (Wildman–Crippen LogP) is 23.1. The molecule has 0 amide bonds. The Hall–Kier alpha value is -4.54. The van der Waals surface area contributed by atoms with E-state index in [4.69, 9.17) is 37.0 Å². The first kappa shape index (κ1) is 97.5. The predicted molar refractivity (Wildman–Crippen MR) is 418 cm³/mol. The Kier molecular flexibility index (Phi) is 71.4. The van der Waals surface area contributed by atoms with Gasteiger partial charge in [0.1, 0.15) is 19.3 Å². The third-order valence-electron chi connectivity index (χ3n) is 16.4. The minimum absolute atomic E-state index is 0.0780. The molecule has 0 saturated carbocycles. The van der Waals surface area contributed by atoms with Crippen LogP contribution in [-0.2, 0) is 65.4 Å². The molecule has 0 aliphatic rings. The number of carbonyl (C=O) groups is 4. The number of ether oxygens (including phenoxy) is 4. The Morgan fingerprint density at radius 2 is 0.520 bits per heavy atom. The van der Waals surface area contributed by atoms with E-state index < -0.39 is 97.5 Å². The Balaban J connectivity index is 5.35. The molecule has 0 rings (SSSR count). The highest BCUT2D eigenvalue weighted by atomic mass is 31.2. The zero-order valence-electron chi connectivity index (χ0n) is 64.0. The fraction of sp³-hybridized carbons (Fsp3) is 0.711. The van der Waals surface area contributed by atoms with E-state index >= 15 is 0 Å². The van der Waals surface area contributed by atoms with Crippen LogP contribution in [0.3, 0.4) is 0 Å². The maximum absolute atomic E-state index is 13.1. The molecule has 102 heavy (non-hydrogen) atoms. The summed E-state index contributed by atoms with van der Waals surface area (Å²) < 4.78 is 68.5. The Labute approximate surface area is 619 Å². The van der Waals surface area contributed by atoms with Gasteiger partial charge in [-0.2, -0.15) is 0 Å². The van der Waals surface area contributed by atoms with Crippen molar-refractivity contribution in [3.8, 4) is 0 Å². The van der Waals surface area contributed by atoms with Crippen molar-refractivity contribution in [3.05, 3.63) is 122 Å². The van der Waals surface area contributed by atoms with Gasteiger partial charge >= 0.3 is 39.5 Å². The lowest BCUT2D eigenvalue weighted by molar-refractivity contribution is -0.161. The number of phosphoric acid groups is 2. The number of rotatable bonds is 74. The molecule has 5 atom stereocenters. The number of aliphatic hydroxyl groups is 1. The largest absolute Gasteiger partial charge is 0.472 e. The van der Waals surface area contributed by atoms with Crippen molar-refractivity contribution >= 4 is 39.5 Å². The standard InChI is InChI=1S/C83H142O17P2/c1-5-9-13-17-21-25-29-32-35-37-38-40-43-45-49-52-56-60-64-68-80(85)93-73-78(99-82(87)69-65-61-57-53-47-28-24-20-16-12-8-4)75-97-101(89,90)95-71-77(84)72-96-102(91,92)98-76-79(100-83(88)70-66-62-58-54-50-46-41-34-31-27-23-19-15-11-7-3)74-94-81(86)67-63-59-55-51-48-44-42-39-36-33-30-26-22-18-14-10-6-2/h9-10,13-14,20-22,24-26,32-36,38,40-42,44,77-79,84H,5-8,11-12,15-19,23,27-31,37,39,43,45-76H2,1-4H3,(H,89,90)(H,91,92)/b13-9-,14-10-,24-20-,25-21-,26-22-,35-32-,36-33-,40-38-,41-34-,44-42-. The van der Waals surface area contributed by atoms with Gasteiger partial charge in [0, 0.05) is 25.7 Å². The molecule has 0 aromatic heterocycles. The molecule has 0 aliphatic heterocycles. The molecule has 5 unspecified atom stereocenters. The van der Waals surface area contributed by atoms with Gasteiger partial charge in [-0.15, -0.1) is 0 Å². The second-order valence-corrected chi connectivity index (χ2v) is 29.1. The number of hydrogen-bond acceptors (Lipinski definition) is 15. The molecular formula is C83H142O17P2. The normalized spacial score (nSPS) is 14.5. The minimum atomic E-state index is -4.99. The summed E-state index contributed by atoms with van der Waals surface area (Å²) in [6.07, 6.45) is 81.8. The van der Waals surface area contributed by atoms with Gasteiger partial charge < -0.3 is 33.8 Å². The first-order valence-electron chi connectivity index (χ1n) is 39.8. The van der Waals surface area contributed by atoms with Gasteiger partial charge in [-0.05, 0) is 148 Å². The highest BCUT2D eigenvalue weighted by Crippen LogP contribution is 2.45. The van der Waals surface area contributed by atoms with Gasteiger partial charge in [0.2, 0.25) is 0 Å². The third kappa shape index (κ3) is 73.8. The molecule has 17 nitrogen and oxygen atoms in total. The summed E-state index contributed by atoms with van der Waals surface area (Å²) >= 11 is 0. The third-order valence-corrected chi connectivity index (χ3v) is 18.3. The number of allylic oxidation sites excluding steroid dienone is 20. The first-order valence-corrected chi connectivity index (χ1v) is 42.8. The van der Waals surface area contributed by atoms with E-state index in [-0.39, 0.29) is 25.7 Å². The molecule has 0 heterocycles. The first-order chi connectivity index (χ1) is 49.7. The molecule has 0 fully saturated rings. The molecule has 0 radical (unpaired) electrons. The van der Waals surface area contributed by atoms with Crippen LogP contribution in [0.4, 0.5) is 0 Å². The number of phosphoric ester groups is 2. The van der Waals surface area contributed by atoms with E-state index in [9.17, 15) is 43.2 Å². The van der Waals surface area contributed by atoms with Gasteiger partial charge in [0.05, 0.1) is 26.4 Å². The Morgan fingerprint density at radius 3 is 0.824 bits per heavy atom. The van der Waals surface area contributed by atoms with Crippen molar-refractivity contribution in [1.82, 2.24) is 0 Å². The van der Waals surface area contributed by atoms with E-state index in [0.717, 1.165) is 193 Å². The monoisotopic (exact) mass is 1470 g/mol. The zero-order valence-corrected chi connectivity index (χ0v) is 65.8. The van der Waals surface area contributed by atoms with Gasteiger partial charge in [-0.3, -0.25) is 37.3 Å². The van der Waals surface area contributed by atoms with Crippen molar-refractivity contribution in [2.45, 2.75) is 341 Å². The summed E-state index contributed by atoms with van der Waals surface area (Å²) in [5.41, 5.74) is 0. The summed E-state index contributed by atoms with van der Waals surface area (Å²) in [5.74, 6) is -2.23. The van der Waals surface area contributed by atoms with E-state index in [1.54, 1.807) is 0 Å². The quantitative estimate of drug-likeness (QED) is 0.0169. The van der Waals surface area contributed by atoms with Gasteiger partial charge in [0.15, 0.2) is 12.2 Å². The fourth-order valence-corrected chi connectivity index (χ4v) is 11.9. The molecule has 586 valence electrons. The lowest BCUT2D eigenvalue weighted by Gasteiger charge is -2.21. The van der Waals surface area contributed by atoms with Crippen molar-refractivity contribution in [1.29, 1.82) is 0 Å². The average Bonchev–Trinajstić information content (AvgIpc) is 0.926. The second kappa shape index (κ2) is 74.7. The Morgan fingerprint density at radius 1 is 0.284 bits per heavy atom. The number of carbonyl (C=O) groups excluding carboxylic acids is 4. The van der Waals surface area contributed by atoms with E-state index in [1.165, 1.54) is 51.4 Å². The van der Waals surface area contributed by atoms with Crippen LogP contribution in [-0.4, -0.2) is 96.7 Å². The van der Waals surface area contributed by atoms with Gasteiger partial charge in [0.25, 0.3) is 0 Å². The van der Waals surface area contributed by atoms with E-state index in [2.05, 4.69) is 149 Å². The summed E-state index contributed by atoms with van der Waals surface area (Å²) in [6, 6.07) is 0. The molecule has 0 aliphatic carbocycles. The molecule has 19 heteroatoms. The SMILES string of the molecule is CC/C=C\C/C=C\C/C=C\C/C=C\CCCCCCCCC(=O)OCC(COP(=O)(O)OCC(O)COP(=O)(O)OCC(COC(=O)CCCCCC/C=C\C/C=C\C/C=C\C/C=C\CC)OC(=O)CCCCCCC/C=C\CCCCCCCC)OC(=O)CCCCCCC/C=C\CCCC. The van der Waals surface area contributed by atoms with Crippen molar-refractivity contribution < 1.29 is 80.2 Å². The number of hydrogen-bond donors (Lipinski definition) is 3. The van der Waals surface area contributed by atoms with Crippen LogP contribution in [0.5, 0.6) is 0 Å². The topological polar surface area (TPSA) is 237 Å². The van der Waals surface area contributed by atoms with Crippen LogP contribution in [0.25, 0.3) is 0 Å². The van der Waals surface area contributed by atoms with Crippen LogP contribution in [0, 0.1) is 0 Å². The summed E-state index contributed by atoms with van der Waals surface area (Å²) in [7, 11) is -9.97. The van der Waals surface area contributed by atoms with Gasteiger partial charge in [-0.25, -0.2) is 9.13 Å². The molecule has 3 N–H and O–H groups in total. The Bertz CT molecular complexity index is 2410. The van der Waals surface area contributed by atoms with Crippen molar-refractivity contribution in [2.75, 3.05) is 39.6 Å². The zero-order chi connectivity index (χ0) is 74.6. The molecule has 0 spiro atoms. The summed E-state index contributed by atoms with van der Waals surface area (Å²) in [4.78, 5) is 73.0. The smallest absolute Gasteiger partial charge is 0.462 e. The fourth-order valence-electron chi connectivity index (χ4n) is 10.4. The number of aliphatic hydroxyl groups excluding tert-OH is 1. The van der Waals surface area contributed by atoms with Crippen molar-refractivity contribution in [2.24, 2.45) is 0 Å². The molecule has 0 aromatic rings. The molecule has 0 aromatic carbocycles. The maximum Gasteiger partial charge on any atom is 0.472 e. The molecule has 0 saturated heterocycles. The lowest BCUT2D eigenvalue weighted by Crippen LogP contribution is -2.30. The number of esters is 4. The average molecular weight is 1470 g/mol.